The highest BCUT2D eigenvalue weighted by atomic mass is 35.5. The molecule has 174 valence electrons. The number of aromatic nitrogens is 3. The van der Waals surface area contributed by atoms with Gasteiger partial charge in [-0.15, -0.1) is 21.5 Å². The molecule has 0 fully saturated rings. The zero-order chi connectivity index (χ0) is 23.5. The molecule has 0 aliphatic carbocycles. The third-order valence-electron chi connectivity index (χ3n) is 5.69. The molecule has 1 unspecified atom stereocenters. The van der Waals surface area contributed by atoms with Crippen molar-refractivity contribution in [3.63, 3.8) is 0 Å². The molecule has 0 bridgehead atoms. The van der Waals surface area contributed by atoms with E-state index in [2.05, 4.69) is 44.6 Å². The first-order valence-corrected chi connectivity index (χ1v) is 12.1. The third-order valence-corrected chi connectivity index (χ3v) is 7.13. The van der Waals surface area contributed by atoms with E-state index in [9.17, 15) is 4.79 Å². The summed E-state index contributed by atoms with van der Waals surface area (Å²) in [5.74, 6) is 1.44. The number of aryl methyl sites for hydroxylation is 2. The fraction of sp³-hybridized carbons (Fsp3) is 0.391. The summed E-state index contributed by atoms with van der Waals surface area (Å²) in [4.78, 5) is 18.8. The van der Waals surface area contributed by atoms with Crippen molar-refractivity contribution in [1.82, 2.24) is 30.7 Å². The Morgan fingerprint density at radius 3 is 2.64 bits per heavy atom. The number of carbonyl (C=O) groups is 1. The lowest BCUT2D eigenvalue weighted by molar-refractivity contribution is -0.120. The summed E-state index contributed by atoms with van der Waals surface area (Å²) in [7, 11) is 1.88. The van der Waals surface area contributed by atoms with Gasteiger partial charge in [-0.05, 0) is 45.5 Å². The number of fused-ring (bicyclic) bond motifs is 3. The highest BCUT2D eigenvalue weighted by molar-refractivity contribution is 7.15. The molecule has 1 aliphatic heterocycles. The van der Waals surface area contributed by atoms with Crippen LogP contribution < -0.4 is 16.0 Å². The molecule has 10 heteroatoms. The van der Waals surface area contributed by atoms with E-state index in [1.165, 1.54) is 10.4 Å². The number of aliphatic imine (C=N–C) groups is 1. The Labute approximate surface area is 202 Å². The monoisotopic (exact) mass is 485 g/mol. The summed E-state index contributed by atoms with van der Waals surface area (Å²) in [6.07, 6.45) is 0. The number of hydrogen-bond donors (Lipinski definition) is 3. The Hall–Kier alpha value is -2.59. The van der Waals surface area contributed by atoms with E-state index in [4.69, 9.17) is 16.6 Å². The van der Waals surface area contributed by atoms with Gasteiger partial charge in [-0.25, -0.2) is 0 Å². The second kappa shape index (κ2) is 10.1. The number of hydrogen-bond acceptors (Lipinski definition) is 7. The summed E-state index contributed by atoms with van der Waals surface area (Å²) in [6.45, 7) is 8.28. The van der Waals surface area contributed by atoms with Crippen LogP contribution in [0, 0.1) is 20.8 Å². The maximum Gasteiger partial charge on any atom is 0.234 e. The predicted octanol–water partition coefficient (Wildman–Crippen LogP) is 2.72. The minimum absolute atomic E-state index is 0.0804. The molecule has 1 aromatic carbocycles. The van der Waals surface area contributed by atoms with E-state index in [0.717, 1.165) is 46.6 Å². The number of thiophene rings is 1. The predicted molar refractivity (Wildman–Crippen MR) is 133 cm³/mol. The van der Waals surface area contributed by atoms with Gasteiger partial charge in [-0.1, -0.05) is 23.7 Å². The van der Waals surface area contributed by atoms with Crippen molar-refractivity contribution in [2.24, 2.45) is 4.99 Å². The van der Waals surface area contributed by atoms with Gasteiger partial charge in [0.1, 0.15) is 16.9 Å². The number of rotatable bonds is 8. The fourth-order valence-electron chi connectivity index (χ4n) is 3.82. The van der Waals surface area contributed by atoms with Crippen LogP contribution in [0.4, 0.5) is 0 Å². The van der Waals surface area contributed by atoms with E-state index in [1.807, 2.05) is 38.2 Å². The maximum absolute atomic E-state index is 12.4. The van der Waals surface area contributed by atoms with Crippen molar-refractivity contribution < 1.29 is 4.79 Å². The third kappa shape index (κ3) is 4.86. The van der Waals surface area contributed by atoms with Gasteiger partial charge in [0.25, 0.3) is 0 Å². The van der Waals surface area contributed by atoms with Crippen LogP contribution in [0.1, 0.15) is 39.3 Å². The number of likely N-dealkylation sites (N-methyl/N-ethyl adjacent to an activating group) is 1. The Morgan fingerprint density at radius 2 is 1.91 bits per heavy atom. The number of nitrogens with zero attached hydrogens (tertiary/aromatic N) is 4. The number of amides is 1. The molecule has 1 atom stereocenters. The summed E-state index contributed by atoms with van der Waals surface area (Å²) in [5.41, 5.74) is 4.11. The lowest BCUT2D eigenvalue weighted by Crippen LogP contribution is -2.38. The van der Waals surface area contributed by atoms with Gasteiger partial charge in [0.2, 0.25) is 5.91 Å². The quantitative estimate of drug-likeness (QED) is 0.426. The van der Waals surface area contributed by atoms with Crippen LogP contribution in [0.2, 0.25) is 5.02 Å². The van der Waals surface area contributed by atoms with Gasteiger partial charge in [0.05, 0.1) is 12.3 Å². The van der Waals surface area contributed by atoms with Gasteiger partial charge in [0.15, 0.2) is 5.82 Å². The molecule has 0 saturated carbocycles. The lowest BCUT2D eigenvalue weighted by atomic mass is 10.00. The average molecular weight is 486 g/mol. The Bertz CT molecular complexity index is 1180. The highest BCUT2D eigenvalue weighted by Gasteiger charge is 2.31. The molecule has 1 amide bonds. The second-order valence-corrected chi connectivity index (χ2v) is 9.63. The summed E-state index contributed by atoms with van der Waals surface area (Å²) in [5, 5.41) is 19.7. The zero-order valence-corrected chi connectivity index (χ0v) is 20.8. The van der Waals surface area contributed by atoms with Crippen molar-refractivity contribution in [3.8, 4) is 5.00 Å². The maximum atomic E-state index is 12.4. The molecule has 0 saturated heterocycles. The smallest absolute Gasteiger partial charge is 0.234 e. The Morgan fingerprint density at radius 1 is 1.15 bits per heavy atom. The van der Waals surface area contributed by atoms with Crippen molar-refractivity contribution in [3.05, 3.63) is 62.5 Å². The van der Waals surface area contributed by atoms with Gasteiger partial charge in [-0.3, -0.25) is 14.4 Å². The van der Waals surface area contributed by atoms with Gasteiger partial charge < -0.3 is 16.0 Å². The number of halogens is 1. The SMILES string of the molecule is CNCCNCC(=O)NCC1N=C(c2ccc(Cl)cc2)c2c(sc(C)c2C)-n2c(C)nnc21. The molecular weight excluding hydrogens is 458 g/mol. The van der Waals surface area contributed by atoms with Crippen LogP contribution in [0.25, 0.3) is 5.00 Å². The van der Waals surface area contributed by atoms with Crippen LogP contribution >= 0.6 is 22.9 Å². The molecule has 3 aromatic rings. The molecule has 4 rings (SSSR count). The van der Waals surface area contributed by atoms with Gasteiger partial charge in [0, 0.05) is 40.7 Å². The lowest BCUT2D eigenvalue weighted by Gasteiger charge is -2.14. The normalized spacial score (nSPS) is 14.9. The van der Waals surface area contributed by atoms with Crippen molar-refractivity contribution in [2.75, 3.05) is 33.2 Å². The van der Waals surface area contributed by atoms with Crippen molar-refractivity contribution >= 4 is 34.6 Å². The zero-order valence-electron chi connectivity index (χ0n) is 19.2. The fourth-order valence-corrected chi connectivity index (χ4v) is 5.16. The molecule has 3 N–H and O–H groups in total. The first-order valence-electron chi connectivity index (χ1n) is 10.9. The van der Waals surface area contributed by atoms with E-state index >= 15 is 0 Å². The highest BCUT2D eigenvalue weighted by Crippen LogP contribution is 2.38. The average Bonchev–Trinajstić information content (AvgIpc) is 3.27. The largest absolute Gasteiger partial charge is 0.352 e. The summed E-state index contributed by atoms with van der Waals surface area (Å²) < 4.78 is 2.08. The van der Waals surface area contributed by atoms with Crippen LogP contribution in [0.3, 0.4) is 0 Å². The number of nitrogens with one attached hydrogen (secondary N) is 3. The van der Waals surface area contributed by atoms with E-state index in [0.29, 0.717) is 11.6 Å². The summed E-state index contributed by atoms with van der Waals surface area (Å²) in [6, 6.07) is 7.34. The molecule has 1 aliphatic rings. The molecule has 0 spiro atoms. The summed E-state index contributed by atoms with van der Waals surface area (Å²) >= 11 is 7.86. The van der Waals surface area contributed by atoms with E-state index in [-0.39, 0.29) is 18.5 Å². The van der Waals surface area contributed by atoms with E-state index in [1.54, 1.807) is 11.3 Å². The van der Waals surface area contributed by atoms with Crippen LogP contribution in [0.15, 0.2) is 29.3 Å². The Balaban J connectivity index is 1.72. The molecule has 33 heavy (non-hydrogen) atoms. The van der Waals surface area contributed by atoms with Gasteiger partial charge in [-0.2, -0.15) is 0 Å². The molecule has 2 aromatic heterocycles. The molecule has 8 nitrogen and oxygen atoms in total. The number of carbonyl (C=O) groups excluding carboxylic acids is 1. The minimum Gasteiger partial charge on any atom is -0.352 e. The van der Waals surface area contributed by atoms with Crippen molar-refractivity contribution in [2.45, 2.75) is 26.8 Å². The minimum atomic E-state index is -0.377. The first kappa shape index (κ1) is 23.6. The molecule has 3 heterocycles. The van der Waals surface area contributed by atoms with Crippen LogP contribution in [-0.4, -0.2) is 59.6 Å². The van der Waals surface area contributed by atoms with Crippen LogP contribution in [-0.2, 0) is 4.79 Å². The molecular formula is C23H28ClN7OS. The van der Waals surface area contributed by atoms with E-state index < -0.39 is 0 Å². The van der Waals surface area contributed by atoms with Crippen molar-refractivity contribution in [1.29, 1.82) is 0 Å². The standard InChI is InChI=1S/C23H28ClN7OS/c1-13-14(2)33-23-20(13)21(16-5-7-17(24)8-6-16)28-18(22-30-29-15(3)31(22)23)11-27-19(32)12-26-10-9-25-4/h5-8,18,25-26H,9-12H2,1-4H3,(H,27,32). The van der Waals surface area contributed by atoms with Crippen LogP contribution in [0.5, 0.6) is 0 Å². The Kier molecular flexibility index (Phi) is 7.23. The second-order valence-electron chi connectivity index (χ2n) is 7.99. The first-order chi connectivity index (χ1) is 15.9. The molecule has 0 radical (unpaired) electrons. The topological polar surface area (TPSA) is 96.2 Å². The number of benzene rings is 1. The van der Waals surface area contributed by atoms with Gasteiger partial charge >= 0.3 is 0 Å².